The first kappa shape index (κ1) is 11.3. The molecule has 0 bridgehead atoms. The summed E-state index contributed by atoms with van der Waals surface area (Å²) in [6, 6.07) is 10.3. The van der Waals surface area contributed by atoms with Crippen molar-refractivity contribution in [3.05, 3.63) is 30.3 Å². The van der Waals surface area contributed by atoms with Gasteiger partial charge < -0.3 is 11.1 Å². The number of hydrogen-bond acceptors (Lipinski definition) is 2. The van der Waals surface area contributed by atoms with Crippen molar-refractivity contribution in [1.29, 1.82) is 0 Å². The maximum absolute atomic E-state index is 5.58. The van der Waals surface area contributed by atoms with E-state index in [0.717, 1.165) is 12.2 Å². The normalized spacial score (nSPS) is 11.5. The van der Waals surface area contributed by atoms with Gasteiger partial charge in [0, 0.05) is 18.3 Å². The second-order valence-electron chi connectivity index (χ2n) is 2.72. The molecule has 1 unspecified atom stereocenters. The Bertz CT molecular complexity index is 199. The van der Waals surface area contributed by atoms with E-state index in [-0.39, 0.29) is 18.4 Å². The number of benzene rings is 1. The second-order valence-corrected chi connectivity index (χ2v) is 2.72. The van der Waals surface area contributed by atoms with Gasteiger partial charge in [-0.25, -0.2) is 0 Å². The zero-order valence-corrected chi connectivity index (χ0v) is 7.97. The molecular weight excluding hydrogens is 172 g/mol. The first-order chi connectivity index (χ1) is 5.29. The molecule has 0 saturated carbocycles. The monoisotopic (exact) mass is 186 g/mol. The van der Waals surface area contributed by atoms with Crippen LogP contribution in [0, 0.1) is 0 Å². The Kier molecular flexibility index (Phi) is 5.51. The molecule has 1 rings (SSSR count). The number of nitrogens with one attached hydrogen (secondary N) is 1. The predicted octanol–water partition coefficient (Wildman–Crippen LogP) is 1.87. The molecule has 0 radical (unpaired) electrons. The maximum Gasteiger partial charge on any atom is 0.0340 e. The molecule has 0 aliphatic rings. The highest BCUT2D eigenvalue weighted by atomic mass is 35.5. The van der Waals surface area contributed by atoms with Crippen LogP contribution in [0.15, 0.2) is 30.3 Å². The van der Waals surface area contributed by atoms with Crippen LogP contribution in [-0.4, -0.2) is 12.6 Å². The van der Waals surface area contributed by atoms with Crippen molar-refractivity contribution in [2.45, 2.75) is 13.0 Å². The number of halogens is 1. The first-order valence-electron chi connectivity index (χ1n) is 3.83. The van der Waals surface area contributed by atoms with E-state index in [1.807, 2.05) is 37.3 Å². The lowest BCUT2D eigenvalue weighted by atomic mass is 10.3. The number of para-hydroxylation sites is 1. The van der Waals surface area contributed by atoms with Crippen LogP contribution in [0.4, 0.5) is 5.69 Å². The first-order valence-corrected chi connectivity index (χ1v) is 3.83. The molecule has 3 N–H and O–H groups in total. The molecule has 1 aromatic carbocycles. The largest absolute Gasteiger partial charge is 0.384 e. The maximum atomic E-state index is 5.58. The van der Waals surface area contributed by atoms with Gasteiger partial charge in [-0.15, -0.1) is 12.4 Å². The third-order valence-electron chi connectivity index (χ3n) is 1.40. The van der Waals surface area contributed by atoms with Crippen molar-refractivity contribution in [2.24, 2.45) is 5.73 Å². The van der Waals surface area contributed by atoms with Gasteiger partial charge in [0.1, 0.15) is 0 Å². The van der Waals surface area contributed by atoms with Gasteiger partial charge in [0.05, 0.1) is 0 Å². The van der Waals surface area contributed by atoms with E-state index in [4.69, 9.17) is 5.73 Å². The van der Waals surface area contributed by atoms with Gasteiger partial charge in [-0.3, -0.25) is 0 Å². The molecule has 0 saturated heterocycles. The fourth-order valence-corrected chi connectivity index (χ4v) is 0.835. The van der Waals surface area contributed by atoms with E-state index in [1.54, 1.807) is 0 Å². The summed E-state index contributed by atoms with van der Waals surface area (Å²) in [5.74, 6) is 0. The highest BCUT2D eigenvalue weighted by molar-refractivity contribution is 5.85. The molecule has 1 aromatic rings. The molecule has 1 atom stereocenters. The van der Waals surface area contributed by atoms with Gasteiger partial charge in [0.25, 0.3) is 0 Å². The number of rotatable bonds is 3. The van der Waals surface area contributed by atoms with Crippen molar-refractivity contribution >= 4 is 18.1 Å². The average Bonchev–Trinajstić information content (AvgIpc) is 2.03. The van der Waals surface area contributed by atoms with Crippen molar-refractivity contribution < 1.29 is 0 Å². The molecule has 0 aromatic heterocycles. The third kappa shape index (κ3) is 4.21. The molecule has 2 nitrogen and oxygen atoms in total. The van der Waals surface area contributed by atoms with E-state index in [9.17, 15) is 0 Å². The van der Waals surface area contributed by atoms with Gasteiger partial charge in [-0.1, -0.05) is 18.2 Å². The molecule has 12 heavy (non-hydrogen) atoms. The van der Waals surface area contributed by atoms with Crippen LogP contribution in [-0.2, 0) is 0 Å². The lowest BCUT2D eigenvalue weighted by molar-refractivity contribution is 0.780. The summed E-state index contributed by atoms with van der Waals surface area (Å²) in [7, 11) is 0. The van der Waals surface area contributed by atoms with Crippen LogP contribution in [0.1, 0.15) is 6.92 Å². The Labute approximate surface area is 79.6 Å². The SMILES string of the molecule is CC(N)CNc1ccccc1.Cl. The van der Waals surface area contributed by atoms with Gasteiger partial charge in [0.2, 0.25) is 0 Å². The fourth-order valence-electron chi connectivity index (χ4n) is 0.835. The summed E-state index contributed by atoms with van der Waals surface area (Å²) in [6.45, 7) is 2.81. The minimum Gasteiger partial charge on any atom is -0.384 e. The number of anilines is 1. The van der Waals surface area contributed by atoms with E-state index in [0.29, 0.717) is 0 Å². The predicted molar refractivity (Wildman–Crippen MR) is 55.8 cm³/mol. The highest BCUT2D eigenvalue weighted by Crippen LogP contribution is 2.03. The molecule has 0 fully saturated rings. The Balaban J connectivity index is 0.00000121. The van der Waals surface area contributed by atoms with Crippen LogP contribution in [0.5, 0.6) is 0 Å². The summed E-state index contributed by atoms with van der Waals surface area (Å²) >= 11 is 0. The van der Waals surface area contributed by atoms with Crippen LogP contribution < -0.4 is 11.1 Å². The van der Waals surface area contributed by atoms with E-state index >= 15 is 0 Å². The van der Waals surface area contributed by atoms with E-state index < -0.39 is 0 Å². The number of hydrogen-bond donors (Lipinski definition) is 2. The number of nitrogens with two attached hydrogens (primary N) is 1. The zero-order chi connectivity index (χ0) is 8.10. The minimum absolute atomic E-state index is 0. The van der Waals surface area contributed by atoms with E-state index in [1.165, 1.54) is 0 Å². The van der Waals surface area contributed by atoms with Crippen molar-refractivity contribution in [2.75, 3.05) is 11.9 Å². The van der Waals surface area contributed by atoms with Crippen molar-refractivity contribution in [1.82, 2.24) is 0 Å². The summed E-state index contributed by atoms with van der Waals surface area (Å²) in [4.78, 5) is 0. The topological polar surface area (TPSA) is 38.0 Å². The Morgan fingerprint density at radius 3 is 2.42 bits per heavy atom. The lowest BCUT2D eigenvalue weighted by Gasteiger charge is -2.07. The van der Waals surface area contributed by atoms with Gasteiger partial charge >= 0.3 is 0 Å². The third-order valence-corrected chi connectivity index (χ3v) is 1.40. The van der Waals surface area contributed by atoms with Crippen LogP contribution in [0.2, 0.25) is 0 Å². The van der Waals surface area contributed by atoms with Crippen LogP contribution in [0.3, 0.4) is 0 Å². The summed E-state index contributed by atoms with van der Waals surface area (Å²) in [5, 5.41) is 3.22. The van der Waals surface area contributed by atoms with Crippen LogP contribution in [0.25, 0.3) is 0 Å². The Hall–Kier alpha value is -0.730. The Morgan fingerprint density at radius 1 is 1.33 bits per heavy atom. The molecular formula is C9H15ClN2. The molecule has 0 heterocycles. The Morgan fingerprint density at radius 2 is 1.92 bits per heavy atom. The molecule has 68 valence electrons. The quantitative estimate of drug-likeness (QED) is 0.757. The van der Waals surface area contributed by atoms with E-state index in [2.05, 4.69) is 5.32 Å². The van der Waals surface area contributed by atoms with Crippen molar-refractivity contribution in [3.8, 4) is 0 Å². The highest BCUT2D eigenvalue weighted by Gasteiger charge is 1.92. The zero-order valence-electron chi connectivity index (χ0n) is 7.16. The van der Waals surface area contributed by atoms with Gasteiger partial charge in [-0.2, -0.15) is 0 Å². The van der Waals surface area contributed by atoms with Gasteiger partial charge in [-0.05, 0) is 19.1 Å². The minimum atomic E-state index is 0. The molecule has 0 amide bonds. The van der Waals surface area contributed by atoms with Crippen molar-refractivity contribution in [3.63, 3.8) is 0 Å². The molecule has 3 heteroatoms. The average molecular weight is 187 g/mol. The standard InChI is InChI=1S/C9H14N2.ClH/c1-8(10)7-11-9-5-3-2-4-6-9;/h2-6,8,11H,7,10H2,1H3;1H. The lowest BCUT2D eigenvalue weighted by Crippen LogP contribution is -2.25. The smallest absolute Gasteiger partial charge is 0.0340 e. The molecule has 0 aliphatic carbocycles. The second kappa shape index (κ2) is 5.86. The summed E-state index contributed by atoms with van der Waals surface area (Å²) in [6.07, 6.45) is 0. The molecule has 0 aliphatic heterocycles. The summed E-state index contributed by atoms with van der Waals surface area (Å²) < 4.78 is 0. The van der Waals surface area contributed by atoms with Gasteiger partial charge in [0.15, 0.2) is 0 Å². The van der Waals surface area contributed by atoms with Crippen LogP contribution >= 0.6 is 12.4 Å². The summed E-state index contributed by atoms with van der Waals surface area (Å²) in [5.41, 5.74) is 6.71. The molecule has 0 spiro atoms. The fraction of sp³-hybridized carbons (Fsp3) is 0.333.